The molecule has 0 aliphatic heterocycles. The molecule has 0 saturated heterocycles. The zero-order valence-electron chi connectivity index (χ0n) is 14.3. The number of carbonyl (C=O) groups is 2. The Morgan fingerprint density at radius 2 is 1.88 bits per heavy atom. The third-order valence-electron chi connectivity index (χ3n) is 3.69. The lowest BCUT2D eigenvalue weighted by Gasteiger charge is -2.19. The van der Waals surface area contributed by atoms with Crippen LogP contribution in [-0.2, 0) is 14.3 Å². The molecular formula is C18H27ClN2O3. The predicted molar refractivity (Wildman–Crippen MR) is 96.0 cm³/mol. The third-order valence-corrected chi connectivity index (χ3v) is 3.69. The Morgan fingerprint density at radius 1 is 1.21 bits per heavy atom. The van der Waals surface area contributed by atoms with E-state index in [0.717, 1.165) is 18.0 Å². The average Bonchev–Trinajstić information content (AvgIpc) is 3.31. The Hall–Kier alpha value is -1.59. The quantitative estimate of drug-likeness (QED) is 0.669. The molecule has 1 aliphatic carbocycles. The van der Waals surface area contributed by atoms with Crippen LogP contribution in [0.2, 0.25) is 0 Å². The molecule has 1 aromatic rings. The summed E-state index contributed by atoms with van der Waals surface area (Å²) in [6.07, 6.45) is 2.48. The van der Waals surface area contributed by atoms with E-state index in [2.05, 4.69) is 10.6 Å². The number of ether oxygens (including phenoxy) is 1. The summed E-state index contributed by atoms with van der Waals surface area (Å²) in [6, 6.07) is 9.15. The molecule has 2 rings (SSSR count). The van der Waals surface area contributed by atoms with Gasteiger partial charge in [0, 0.05) is 0 Å². The molecule has 1 unspecified atom stereocenters. The highest BCUT2D eigenvalue weighted by molar-refractivity contribution is 5.85. The van der Waals surface area contributed by atoms with E-state index in [4.69, 9.17) is 4.74 Å². The van der Waals surface area contributed by atoms with Crippen LogP contribution >= 0.6 is 12.4 Å². The van der Waals surface area contributed by atoms with Crippen LogP contribution in [0.3, 0.4) is 0 Å². The maximum atomic E-state index is 12.1. The highest BCUT2D eigenvalue weighted by atomic mass is 35.5. The number of hydrogen-bond donors (Lipinski definition) is 2. The second kappa shape index (κ2) is 10.3. The van der Waals surface area contributed by atoms with Crippen molar-refractivity contribution in [2.24, 2.45) is 5.92 Å². The first-order valence-corrected chi connectivity index (χ1v) is 8.29. The summed E-state index contributed by atoms with van der Waals surface area (Å²) in [7, 11) is 0. The number of benzene rings is 1. The van der Waals surface area contributed by atoms with E-state index in [1.807, 2.05) is 44.2 Å². The summed E-state index contributed by atoms with van der Waals surface area (Å²) in [4.78, 5) is 24.0. The number of hydrogen-bond acceptors (Lipinski definition) is 4. The Kier molecular flexibility index (Phi) is 8.79. The van der Waals surface area contributed by atoms with Crippen LogP contribution < -0.4 is 10.6 Å². The molecule has 0 heterocycles. The topological polar surface area (TPSA) is 67.4 Å². The van der Waals surface area contributed by atoms with Gasteiger partial charge in [0.05, 0.1) is 25.1 Å². The summed E-state index contributed by atoms with van der Waals surface area (Å²) < 4.78 is 5.20. The van der Waals surface area contributed by atoms with Gasteiger partial charge in [0.15, 0.2) is 0 Å². The van der Waals surface area contributed by atoms with E-state index in [1.165, 1.54) is 12.8 Å². The summed E-state index contributed by atoms with van der Waals surface area (Å²) in [5.41, 5.74) is 0.906. The van der Waals surface area contributed by atoms with Crippen LogP contribution in [-0.4, -0.2) is 31.1 Å². The van der Waals surface area contributed by atoms with Crippen molar-refractivity contribution in [3.8, 4) is 0 Å². The van der Waals surface area contributed by atoms with Crippen molar-refractivity contribution >= 4 is 24.3 Å². The molecule has 0 radical (unpaired) electrons. The number of rotatable bonds is 9. The van der Waals surface area contributed by atoms with Gasteiger partial charge in [-0.3, -0.25) is 9.59 Å². The monoisotopic (exact) mass is 354 g/mol. The Morgan fingerprint density at radius 3 is 2.46 bits per heavy atom. The second-order valence-corrected chi connectivity index (χ2v) is 6.35. The van der Waals surface area contributed by atoms with Crippen molar-refractivity contribution in [3.63, 3.8) is 0 Å². The molecule has 1 atom stereocenters. The number of esters is 1. The lowest BCUT2D eigenvalue weighted by atomic mass is 10.0. The van der Waals surface area contributed by atoms with Crippen LogP contribution in [0, 0.1) is 5.92 Å². The minimum absolute atomic E-state index is 0. The summed E-state index contributed by atoms with van der Waals surface area (Å²) >= 11 is 0. The molecule has 6 heteroatoms. The smallest absolute Gasteiger partial charge is 0.308 e. The zero-order valence-corrected chi connectivity index (χ0v) is 15.1. The predicted octanol–water partition coefficient (Wildman–Crippen LogP) is 2.61. The lowest BCUT2D eigenvalue weighted by molar-refractivity contribution is -0.148. The Balaban J connectivity index is 0.00000288. The molecule has 24 heavy (non-hydrogen) atoms. The van der Waals surface area contributed by atoms with E-state index in [9.17, 15) is 9.59 Å². The lowest BCUT2D eigenvalue weighted by Crippen LogP contribution is -2.38. The van der Waals surface area contributed by atoms with Crippen LogP contribution in [0.4, 0.5) is 0 Å². The fourth-order valence-corrected chi connectivity index (χ4v) is 2.37. The third kappa shape index (κ3) is 7.79. The van der Waals surface area contributed by atoms with Gasteiger partial charge in [-0.25, -0.2) is 0 Å². The first kappa shape index (κ1) is 20.5. The van der Waals surface area contributed by atoms with Gasteiger partial charge in [-0.2, -0.15) is 0 Å². The fraction of sp³-hybridized carbons (Fsp3) is 0.556. The van der Waals surface area contributed by atoms with E-state index >= 15 is 0 Å². The fourth-order valence-electron chi connectivity index (χ4n) is 2.37. The highest BCUT2D eigenvalue weighted by Crippen LogP contribution is 2.27. The molecular weight excluding hydrogens is 328 g/mol. The normalized spacial score (nSPS) is 14.6. The van der Waals surface area contributed by atoms with Crippen molar-refractivity contribution in [3.05, 3.63) is 35.9 Å². The van der Waals surface area contributed by atoms with Gasteiger partial charge in [0.25, 0.3) is 0 Å². The van der Waals surface area contributed by atoms with Crippen LogP contribution in [0.15, 0.2) is 30.3 Å². The Labute approximate surface area is 149 Å². The van der Waals surface area contributed by atoms with Crippen molar-refractivity contribution < 1.29 is 14.3 Å². The van der Waals surface area contributed by atoms with Gasteiger partial charge in [-0.15, -0.1) is 12.4 Å². The molecule has 1 fully saturated rings. The van der Waals surface area contributed by atoms with Crippen LogP contribution in [0.25, 0.3) is 0 Å². The van der Waals surface area contributed by atoms with Crippen LogP contribution in [0.5, 0.6) is 0 Å². The minimum Gasteiger partial charge on any atom is -0.463 e. The molecule has 5 nitrogen and oxygen atoms in total. The molecule has 2 N–H and O–H groups in total. The van der Waals surface area contributed by atoms with E-state index in [1.54, 1.807) is 0 Å². The summed E-state index contributed by atoms with van der Waals surface area (Å²) in [5, 5.41) is 6.09. The summed E-state index contributed by atoms with van der Waals surface area (Å²) in [5.74, 6) is 0.325. The highest BCUT2D eigenvalue weighted by Gasteiger charge is 2.22. The average molecular weight is 355 g/mol. The zero-order chi connectivity index (χ0) is 16.7. The second-order valence-electron chi connectivity index (χ2n) is 6.35. The molecule has 1 amide bonds. The molecule has 0 aromatic heterocycles. The van der Waals surface area contributed by atoms with Gasteiger partial charge in [0.1, 0.15) is 0 Å². The minimum atomic E-state index is -0.363. The first-order chi connectivity index (χ1) is 11.0. The van der Waals surface area contributed by atoms with E-state index in [-0.39, 0.29) is 49.4 Å². The van der Waals surface area contributed by atoms with Crippen molar-refractivity contribution in [2.75, 3.05) is 13.1 Å². The molecule has 1 aromatic carbocycles. The number of carbonyl (C=O) groups excluding carboxylic acids is 2. The summed E-state index contributed by atoms with van der Waals surface area (Å²) in [6.45, 7) is 4.80. The van der Waals surface area contributed by atoms with Gasteiger partial charge in [-0.05, 0) is 44.7 Å². The largest absolute Gasteiger partial charge is 0.463 e. The Bertz CT molecular complexity index is 518. The maximum absolute atomic E-state index is 12.1. The number of amides is 1. The van der Waals surface area contributed by atoms with E-state index < -0.39 is 0 Å². The van der Waals surface area contributed by atoms with Crippen molar-refractivity contribution in [1.29, 1.82) is 0 Å². The van der Waals surface area contributed by atoms with Gasteiger partial charge in [-0.1, -0.05) is 30.3 Å². The number of halogens is 1. The van der Waals surface area contributed by atoms with Crippen molar-refractivity contribution in [2.45, 2.75) is 45.3 Å². The standard InChI is InChI=1S/C18H26N2O3.ClH/c1-13(2)23-18(22)10-16(15-6-4-3-5-7-15)20-17(21)12-19-11-14-8-9-14;/h3-7,13-14,16,19H,8-12H2,1-2H3,(H,20,21);1H. The molecule has 0 spiro atoms. The molecule has 1 saturated carbocycles. The number of nitrogens with one attached hydrogen (secondary N) is 2. The molecule has 0 bridgehead atoms. The molecule has 1 aliphatic rings. The first-order valence-electron chi connectivity index (χ1n) is 8.29. The van der Waals surface area contributed by atoms with Gasteiger partial charge < -0.3 is 15.4 Å². The van der Waals surface area contributed by atoms with Gasteiger partial charge >= 0.3 is 5.97 Å². The van der Waals surface area contributed by atoms with Crippen LogP contribution in [0.1, 0.15) is 44.7 Å². The maximum Gasteiger partial charge on any atom is 0.308 e. The van der Waals surface area contributed by atoms with Gasteiger partial charge in [0.2, 0.25) is 5.91 Å². The van der Waals surface area contributed by atoms with Crippen molar-refractivity contribution in [1.82, 2.24) is 10.6 Å². The SMILES string of the molecule is CC(C)OC(=O)CC(NC(=O)CNCC1CC1)c1ccccc1.Cl. The molecule has 134 valence electrons. The van der Waals surface area contributed by atoms with E-state index in [0.29, 0.717) is 0 Å².